The second-order valence-corrected chi connectivity index (χ2v) is 8.11. The van der Waals surface area contributed by atoms with E-state index in [0.717, 1.165) is 0 Å². The summed E-state index contributed by atoms with van der Waals surface area (Å²) in [5, 5.41) is 5.32. The molecule has 0 spiro atoms. The minimum atomic E-state index is -0.826. The summed E-state index contributed by atoms with van der Waals surface area (Å²) in [6.07, 6.45) is 0. The minimum absolute atomic E-state index is 0.826. The molecular formula is C19H17AlCl2Zr. The molecule has 4 heteroatoms. The molecule has 4 aromatic rings. The molecule has 0 saturated carbocycles. The van der Waals surface area contributed by atoms with Crippen LogP contribution < -0.4 is 0 Å². The van der Waals surface area contributed by atoms with Gasteiger partial charge >= 0.3 is 37.9 Å². The van der Waals surface area contributed by atoms with Crippen LogP contribution in [0.4, 0.5) is 0 Å². The van der Waals surface area contributed by atoms with E-state index in [1.807, 2.05) is 5.79 Å². The standard InChI is InChI=1S/2C9H7.CH3.Al.2ClH.Zr/c2*1-2-5-9-7-3-6-8(9)4-1;;;;;/h2*1-7H;1H3;;2*1H;/q2*-1;;;;;+4/p-2. The van der Waals surface area contributed by atoms with Crippen LogP contribution in [-0.4, -0.2) is 16.3 Å². The topological polar surface area (TPSA) is 0 Å². The van der Waals surface area contributed by atoms with Gasteiger partial charge in [-0.25, -0.2) is 0 Å². The Bertz CT molecular complexity index is 650. The number of rotatable bonds is 0. The zero-order valence-electron chi connectivity index (χ0n) is 12.9. The molecule has 0 heterocycles. The summed E-state index contributed by atoms with van der Waals surface area (Å²) in [6.45, 7) is 0. The molecule has 0 aliphatic heterocycles. The Hall–Kier alpha value is -0.344. The first-order chi connectivity index (χ1) is 11.3. The van der Waals surface area contributed by atoms with Gasteiger partial charge in [0.15, 0.2) is 0 Å². The predicted molar refractivity (Wildman–Crippen MR) is 102 cm³/mol. The first-order valence-corrected chi connectivity index (χ1v) is 14.6. The van der Waals surface area contributed by atoms with Gasteiger partial charge in [0.25, 0.3) is 0 Å². The maximum absolute atomic E-state index is 4.93. The number of hydrogen-bond donors (Lipinski definition) is 0. The molecule has 0 atom stereocenters. The van der Waals surface area contributed by atoms with Crippen LogP contribution in [0.25, 0.3) is 21.5 Å². The molecule has 0 saturated heterocycles. The largest absolute Gasteiger partial charge is 0.168 e. The Labute approximate surface area is 165 Å². The van der Waals surface area contributed by atoms with E-state index in [-0.39, 0.29) is 0 Å². The molecule has 0 aliphatic carbocycles. The van der Waals surface area contributed by atoms with Crippen LogP contribution in [0.15, 0.2) is 84.9 Å². The zero-order chi connectivity index (χ0) is 16.9. The summed E-state index contributed by atoms with van der Waals surface area (Å²) in [5.41, 5.74) is 0. The van der Waals surface area contributed by atoms with Crippen LogP contribution >= 0.6 is 17.0 Å². The third kappa shape index (κ3) is 7.39. The van der Waals surface area contributed by atoms with E-state index < -0.39 is 20.8 Å². The van der Waals surface area contributed by atoms with Gasteiger partial charge in [-0.3, -0.25) is 0 Å². The van der Waals surface area contributed by atoms with Gasteiger partial charge in [0.2, 0.25) is 0 Å². The van der Waals surface area contributed by atoms with E-state index in [1.54, 1.807) is 0 Å². The van der Waals surface area contributed by atoms with E-state index in [0.29, 0.717) is 0 Å². The molecule has 23 heavy (non-hydrogen) atoms. The number of halogens is 2. The Morgan fingerprint density at radius 2 is 1.04 bits per heavy atom. The second kappa shape index (κ2) is 13.0. The van der Waals surface area contributed by atoms with E-state index >= 15 is 0 Å². The van der Waals surface area contributed by atoms with Gasteiger partial charge in [0.1, 0.15) is 16.3 Å². The first kappa shape index (κ1) is 20.7. The maximum Gasteiger partial charge on any atom is -0.0809 e. The van der Waals surface area contributed by atoms with Gasteiger partial charge in [-0.1, -0.05) is 12.1 Å². The molecule has 2 radical (unpaired) electrons. The molecule has 0 fully saturated rings. The third-order valence-corrected chi connectivity index (χ3v) is 3.10. The van der Waals surface area contributed by atoms with E-state index in [2.05, 4.69) is 101 Å². The monoisotopic (exact) mass is 432 g/mol. The SMILES string of the molecule is [CH3][Al].[Cl][Zr+2][Cl].c1ccc2[cH-]ccc2c1.c1ccc2[cH-]ccc2c1. The third-order valence-electron chi connectivity index (χ3n) is 3.10. The van der Waals surface area contributed by atoms with Crippen LogP contribution in [0.3, 0.4) is 0 Å². The van der Waals surface area contributed by atoms with Crippen molar-refractivity contribution in [2.24, 2.45) is 0 Å². The van der Waals surface area contributed by atoms with Crippen LogP contribution in [0.2, 0.25) is 5.79 Å². The molecule has 0 amide bonds. The van der Waals surface area contributed by atoms with E-state index in [4.69, 9.17) is 17.0 Å². The predicted octanol–water partition coefficient (Wildman–Crippen LogP) is 6.70. The Kier molecular flexibility index (Phi) is 11.7. The summed E-state index contributed by atoms with van der Waals surface area (Å²) < 4.78 is 0. The molecule has 4 rings (SSSR count). The van der Waals surface area contributed by atoms with Crippen LogP contribution in [0.5, 0.6) is 0 Å². The zero-order valence-corrected chi connectivity index (χ0v) is 18.0. The van der Waals surface area contributed by atoms with Crippen LogP contribution in [0.1, 0.15) is 0 Å². The Balaban J connectivity index is 0.000000181. The summed E-state index contributed by atoms with van der Waals surface area (Å²) in [7, 11) is 9.87. The van der Waals surface area contributed by atoms with Gasteiger partial charge in [-0.05, 0) is 0 Å². The molecule has 0 bridgehead atoms. The average molecular weight is 434 g/mol. The number of hydrogen-bond acceptors (Lipinski definition) is 0. The van der Waals surface area contributed by atoms with Crippen molar-refractivity contribution in [3.05, 3.63) is 84.9 Å². The molecule has 0 unspecified atom stereocenters. The molecule has 4 aromatic carbocycles. The molecule has 0 aromatic heterocycles. The summed E-state index contributed by atoms with van der Waals surface area (Å²) >= 11 is 1.59. The number of fused-ring (bicyclic) bond motifs is 2. The summed E-state index contributed by atoms with van der Waals surface area (Å²) in [4.78, 5) is 0. The quantitative estimate of drug-likeness (QED) is 0.213. The first-order valence-electron chi connectivity index (χ1n) is 7.10. The Morgan fingerprint density at radius 3 is 1.39 bits per heavy atom. The van der Waals surface area contributed by atoms with Gasteiger partial charge in [-0.2, -0.15) is 35.0 Å². The molecule has 0 N–H and O–H groups in total. The van der Waals surface area contributed by atoms with Gasteiger partial charge in [0, 0.05) is 0 Å². The van der Waals surface area contributed by atoms with Gasteiger partial charge in [0.05, 0.1) is 0 Å². The molecule has 0 aliphatic rings. The average Bonchev–Trinajstić information content (AvgIpc) is 3.27. The second-order valence-electron chi connectivity index (χ2n) is 4.38. The van der Waals surface area contributed by atoms with Gasteiger partial charge < -0.3 is 0 Å². The summed E-state index contributed by atoms with van der Waals surface area (Å²) in [6, 6.07) is 29.3. The van der Waals surface area contributed by atoms with Crippen LogP contribution in [0, 0.1) is 0 Å². The van der Waals surface area contributed by atoms with Crippen molar-refractivity contribution in [1.82, 2.24) is 0 Å². The fourth-order valence-electron chi connectivity index (χ4n) is 2.14. The molecule has 0 nitrogen and oxygen atoms in total. The summed E-state index contributed by atoms with van der Waals surface area (Å²) in [5.74, 6) is 1.92. The van der Waals surface area contributed by atoms with E-state index in [1.165, 1.54) is 21.5 Å². The van der Waals surface area contributed by atoms with Crippen molar-refractivity contribution in [2.45, 2.75) is 5.79 Å². The normalized spacial score (nSPS) is 8.65. The fraction of sp³-hybridized carbons (Fsp3) is 0.0526. The van der Waals surface area contributed by atoms with Crippen molar-refractivity contribution in [3.63, 3.8) is 0 Å². The molecular weight excluding hydrogens is 417 g/mol. The minimum Gasteiger partial charge on any atom is -0.168 e. The van der Waals surface area contributed by atoms with Crippen molar-refractivity contribution in [2.75, 3.05) is 0 Å². The van der Waals surface area contributed by atoms with Crippen molar-refractivity contribution in [1.29, 1.82) is 0 Å². The van der Waals surface area contributed by atoms with Gasteiger partial charge in [-0.15, -0.1) is 65.1 Å². The fourth-order valence-corrected chi connectivity index (χ4v) is 2.14. The maximum atomic E-state index is 4.93. The number of benzene rings is 2. The van der Waals surface area contributed by atoms with Crippen LogP contribution in [-0.2, 0) is 20.8 Å². The van der Waals surface area contributed by atoms with Crippen molar-refractivity contribution >= 4 is 54.9 Å². The molecule has 114 valence electrons. The van der Waals surface area contributed by atoms with Crippen molar-refractivity contribution in [3.8, 4) is 0 Å². The van der Waals surface area contributed by atoms with Crippen molar-refractivity contribution < 1.29 is 20.8 Å². The smallest absolute Gasteiger partial charge is 0.0809 e. The Morgan fingerprint density at radius 1 is 0.696 bits per heavy atom. The van der Waals surface area contributed by atoms with E-state index in [9.17, 15) is 0 Å².